The lowest BCUT2D eigenvalue weighted by molar-refractivity contribution is -0.870. The van der Waals surface area contributed by atoms with Crippen LogP contribution in [0.4, 0.5) is 0 Å². The first-order chi connectivity index (χ1) is 27.0. The number of aliphatic hydroxyl groups excluding tert-OH is 1. The van der Waals surface area contributed by atoms with Gasteiger partial charge in [0, 0.05) is 6.42 Å². The zero-order valence-corrected chi connectivity index (χ0v) is 37.7. The fraction of sp³-hybridized carbons (Fsp3) is 0.766. The number of rotatable bonds is 40. The number of amides is 1. The monoisotopic (exact) mass is 807 g/mol. The Bertz CT molecular complexity index is 1100. The summed E-state index contributed by atoms with van der Waals surface area (Å²) in [5.74, 6) is -0.220. The summed E-state index contributed by atoms with van der Waals surface area (Å²) < 4.78 is 23.2. The van der Waals surface area contributed by atoms with Crippen molar-refractivity contribution in [3.05, 3.63) is 60.8 Å². The highest BCUT2D eigenvalue weighted by molar-refractivity contribution is 7.45. The van der Waals surface area contributed by atoms with Crippen molar-refractivity contribution < 1.29 is 32.9 Å². The van der Waals surface area contributed by atoms with Gasteiger partial charge < -0.3 is 28.8 Å². The topological polar surface area (TPSA) is 108 Å². The molecule has 326 valence electrons. The molecule has 0 radical (unpaired) electrons. The molecule has 0 aromatic rings. The molecular formula is C47H87N2O6P. The third-order valence-electron chi connectivity index (χ3n) is 9.71. The minimum absolute atomic E-state index is 0.0109. The van der Waals surface area contributed by atoms with Crippen LogP contribution in [0.15, 0.2) is 60.8 Å². The molecular weight excluding hydrogens is 719 g/mol. The van der Waals surface area contributed by atoms with E-state index in [1.807, 2.05) is 27.2 Å². The zero-order chi connectivity index (χ0) is 41.4. The van der Waals surface area contributed by atoms with E-state index in [2.05, 4.69) is 67.8 Å². The predicted octanol–water partition coefficient (Wildman–Crippen LogP) is 12.0. The molecule has 0 aromatic heterocycles. The molecule has 0 aliphatic rings. The van der Waals surface area contributed by atoms with Crippen LogP contribution < -0.4 is 10.2 Å². The van der Waals surface area contributed by atoms with Gasteiger partial charge >= 0.3 is 0 Å². The molecule has 0 fully saturated rings. The maximum atomic E-state index is 12.9. The van der Waals surface area contributed by atoms with Crippen molar-refractivity contribution in [2.75, 3.05) is 40.9 Å². The first-order valence-corrected chi connectivity index (χ1v) is 24.1. The van der Waals surface area contributed by atoms with Crippen LogP contribution in [0, 0.1) is 0 Å². The number of carbonyl (C=O) groups excluding carboxylic acids is 1. The smallest absolute Gasteiger partial charge is 0.268 e. The maximum Gasteiger partial charge on any atom is 0.268 e. The van der Waals surface area contributed by atoms with Crippen molar-refractivity contribution in [3.63, 3.8) is 0 Å². The Hall–Kier alpha value is -1.80. The molecule has 0 aliphatic heterocycles. The molecule has 0 spiro atoms. The van der Waals surface area contributed by atoms with Crippen molar-refractivity contribution >= 4 is 13.7 Å². The Morgan fingerprint density at radius 3 is 1.66 bits per heavy atom. The summed E-state index contributed by atoms with van der Waals surface area (Å²) in [6, 6.07) is -0.910. The average Bonchev–Trinajstić information content (AvgIpc) is 3.15. The number of likely N-dealkylation sites (N-methyl/N-ethyl adjacent to an activating group) is 1. The van der Waals surface area contributed by atoms with Gasteiger partial charge in [0.25, 0.3) is 7.82 Å². The molecule has 1 amide bonds. The van der Waals surface area contributed by atoms with Gasteiger partial charge in [0.05, 0.1) is 39.9 Å². The van der Waals surface area contributed by atoms with E-state index < -0.39 is 26.6 Å². The van der Waals surface area contributed by atoms with Crippen LogP contribution >= 0.6 is 7.82 Å². The van der Waals surface area contributed by atoms with E-state index >= 15 is 0 Å². The number of aliphatic hydroxyl groups is 1. The predicted molar refractivity (Wildman–Crippen MR) is 237 cm³/mol. The van der Waals surface area contributed by atoms with Crippen LogP contribution in [0.1, 0.15) is 181 Å². The number of nitrogens with one attached hydrogen (secondary N) is 1. The molecule has 56 heavy (non-hydrogen) atoms. The first-order valence-electron chi connectivity index (χ1n) is 22.7. The van der Waals surface area contributed by atoms with E-state index in [9.17, 15) is 19.4 Å². The summed E-state index contributed by atoms with van der Waals surface area (Å²) >= 11 is 0. The minimum Gasteiger partial charge on any atom is -0.756 e. The Morgan fingerprint density at radius 2 is 1.11 bits per heavy atom. The standard InChI is InChI=1S/C47H87N2O6P/c1-6-8-10-12-14-16-18-20-22-24-26-28-30-32-34-36-38-40-46(50)45(44-55-56(52,53)54-43-42-49(3,4)5)48-47(51)41-39-37-35-33-31-29-27-25-23-21-19-17-15-13-11-9-7-2/h9,11,15,17,21,23,30,32,38,40,45-46,50H,6-8,10,12-14,16,18-20,22,24-29,31,33-37,39,41-44H2,1-5H3,(H-,48,51,52,53)/b11-9-,17-15-,23-21-,32-30+,40-38+. The average molecular weight is 807 g/mol. The van der Waals surface area contributed by atoms with Crippen LogP contribution in [0.2, 0.25) is 0 Å². The fourth-order valence-electron chi connectivity index (χ4n) is 6.12. The van der Waals surface area contributed by atoms with E-state index in [0.29, 0.717) is 17.4 Å². The molecule has 0 saturated carbocycles. The van der Waals surface area contributed by atoms with E-state index in [1.54, 1.807) is 6.08 Å². The van der Waals surface area contributed by atoms with E-state index in [4.69, 9.17) is 9.05 Å². The molecule has 0 aromatic carbocycles. The number of quaternary nitrogens is 1. The lowest BCUT2D eigenvalue weighted by Crippen LogP contribution is -2.45. The highest BCUT2D eigenvalue weighted by atomic mass is 31.2. The number of carbonyl (C=O) groups is 1. The van der Waals surface area contributed by atoms with Gasteiger partial charge in [-0.15, -0.1) is 0 Å². The molecule has 0 heterocycles. The van der Waals surface area contributed by atoms with Gasteiger partial charge in [0.15, 0.2) is 0 Å². The number of hydrogen-bond donors (Lipinski definition) is 2. The van der Waals surface area contributed by atoms with E-state index in [1.165, 1.54) is 89.9 Å². The molecule has 0 aliphatic carbocycles. The van der Waals surface area contributed by atoms with E-state index in [0.717, 1.165) is 70.6 Å². The van der Waals surface area contributed by atoms with Gasteiger partial charge in [0.1, 0.15) is 13.2 Å². The van der Waals surface area contributed by atoms with Crippen molar-refractivity contribution in [1.29, 1.82) is 0 Å². The molecule has 0 rings (SSSR count). The Kier molecular flexibility index (Phi) is 37.5. The summed E-state index contributed by atoms with van der Waals surface area (Å²) in [4.78, 5) is 25.3. The van der Waals surface area contributed by atoms with Gasteiger partial charge in [-0.05, 0) is 64.2 Å². The molecule has 0 bridgehead atoms. The molecule has 9 heteroatoms. The summed E-state index contributed by atoms with van der Waals surface area (Å²) in [6.45, 7) is 4.49. The van der Waals surface area contributed by atoms with Gasteiger partial charge in [-0.2, -0.15) is 0 Å². The minimum atomic E-state index is -4.60. The van der Waals surface area contributed by atoms with Gasteiger partial charge in [0.2, 0.25) is 5.91 Å². The summed E-state index contributed by atoms with van der Waals surface area (Å²) in [5.41, 5.74) is 0. The normalized spacial score (nSPS) is 14.9. The summed E-state index contributed by atoms with van der Waals surface area (Å²) in [5, 5.41) is 13.8. The lowest BCUT2D eigenvalue weighted by atomic mass is 10.1. The summed E-state index contributed by atoms with van der Waals surface area (Å²) in [6.07, 6.45) is 49.8. The van der Waals surface area contributed by atoms with Crippen molar-refractivity contribution in [1.82, 2.24) is 5.32 Å². The molecule has 3 atom stereocenters. The third kappa shape index (κ3) is 40.4. The SMILES string of the molecule is CC/C=C\C/C=C\C/C=C\CCCCCCCCCC(=O)NC(COP(=O)([O-])OCC[N+](C)(C)C)C(O)/C=C/CC/C=C/CCCCCCCCCCCCC. The number of phosphoric acid groups is 1. The highest BCUT2D eigenvalue weighted by Gasteiger charge is 2.23. The first kappa shape index (κ1) is 54.2. The third-order valence-corrected chi connectivity index (χ3v) is 10.7. The maximum absolute atomic E-state index is 12.9. The van der Waals surface area contributed by atoms with Crippen molar-refractivity contribution in [2.45, 2.75) is 193 Å². The Balaban J connectivity index is 4.49. The number of unbranched alkanes of at least 4 members (excludes halogenated alkanes) is 19. The van der Waals surface area contributed by atoms with Crippen LogP contribution in [0.5, 0.6) is 0 Å². The Labute approximate surface area is 345 Å². The van der Waals surface area contributed by atoms with E-state index in [-0.39, 0.29) is 12.5 Å². The van der Waals surface area contributed by atoms with Crippen LogP contribution in [0.3, 0.4) is 0 Å². The van der Waals surface area contributed by atoms with Crippen molar-refractivity contribution in [2.24, 2.45) is 0 Å². The lowest BCUT2D eigenvalue weighted by Gasteiger charge is -2.29. The number of hydrogen-bond acceptors (Lipinski definition) is 6. The molecule has 3 unspecified atom stereocenters. The number of allylic oxidation sites excluding steroid dienone is 9. The summed E-state index contributed by atoms with van der Waals surface area (Å²) in [7, 11) is 1.23. The van der Waals surface area contributed by atoms with Gasteiger partial charge in [-0.3, -0.25) is 9.36 Å². The van der Waals surface area contributed by atoms with Crippen LogP contribution in [-0.2, 0) is 18.4 Å². The molecule has 2 N–H and O–H groups in total. The van der Waals surface area contributed by atoms with Gasteiger partial charge in [-0.1, -0.05) is 171 Å². The zero-order valence-electron chi connectivity index (χ0n) is 36.8. The molecule has 8 nitrogen and oxygen atoms in total. The second kappa shape index (κ2) is 38.7. The number of phosphoric ester groups is 1. The van der Waals surface area contributed by atoms with Crippen LogP contribution in [0.25, 0.3) is 0 Å². The van der Waals surface area contributed by atoms with Gasteiger partial charge in [-0.25, -0.2) is 0 Å². The quantitative estimate of drug-likeness (QED) is 0.0276. The fourth-order valence-corrected chi connectivity index (χ4v) is 6.85. The second-order valence-corrected chi connectivity index (χ2v) is 17.8. The largest absolute Gasteiger partial charge is 0.756 e. The van der Waals surface area contributed by atoms with Crippen molar-refractivity contribution in [3.8, 4) is 0 Å². The number of nitrogens with zero attached hydrogens (tertiary/aromatic N) is 1. The highest BCUT2D eigenvalue weighted by Crippen LogP contribution is 2.38. The second-order valence-electron chi connectivity index (χ2n) is 16.4. The van der Waals surface area contributed by atoms with Crippen LogP contribution in [-0.4, -0.2) is 68.5 Å². The molecule has 0 saturated heterocycles. The Morgan fingerprint density at radius 1 is 0.643 bits per heavy atom.